The average molecular weight is 173 g/mol. The van der Waals surface area contributed by atoms with E-state index < -0.39 is 11.6 Å². The summed E-state index contributed by atoms with van der Waals surface area (Å²) in [6, 6.07) is 0.747. The average Bonchev–Trinajstić information content (AvgIpc) is 2.05. The largest absolute Gasteiger partial charge is 0.325 e. The Bertz CT molecular complexity index is 263. The normalized spacial score (nSPS) is 10.3. The van der Waals surface area contributed by atoms with Gasteiger partial charge in [0.25, 0.3) is 0 Å². The first-order valence-electron chi connectivity index (χ1n) is 3.43. The Balaban J connectivity index is 3.18. The molecule has 0 fully saturated rings. The van der Waals surface area contributed by atoms with Crippen LogP contribution in [-0.4, -0.2) is 4.98 Å². The maximum Gasteiger partial charge on any atom is 0.148 e. The molecular formula is C7H9F2N3. The van der Waals surface area contributed by atoms with E-state index in [0.717, 1.165) is 6.07 Å². The first-order valence-corrected chi connectivity index (χ1v) is 3.43. The summed E-state index contributed by atoms with van der Waals surface area (Å²) in [5.74, 6) is -1.46. The molecule has 1 aromatic heterocycles. The minimum atomic E-state index is -0.729. The third-order valence-corrected chi connectivity index (χ3v) is 1.46. The van der Waals surface area contributed by atoms with Gasteiger partial charge in [-0.25, -0.2) is 13.8 Å². The fourth-order valence-corrected chi connectivity index (χ4v) is 0.834. The number of hydrogen-bond acceptors (Lipinski definition) is 3. The van der Waals surface area contributed by atoms with E-state index in [-0.39, 0.29) is 24.5 Å². The van der Waals surface area contributed by atoms with Crippen LogP contribution in [0.15, 0.2) is 6.07 Å². The van der Waals surface area contributed by atoms with Crippen molar-refractivity contribution >= 4 is 0 Å². The van der Waals surface area contributed by atoms with Crippen LogP contribution in [0, 0.1) is 11.6 Å². The van der Waals surface area contributed by atoms with Gasteiger partial charge in [0.15, 0.2) is 0 Å². The van der Waals surface area contributed by atoms with Gasteiger partial charge in [0.1, 0.15) is 11.6 Å². The third-order valence-electron chi connectivity index (χ3n) is 1.46. The zero-order valence-corrected chi connectivity index (χ0v) is 6.35. The Morgan fingerprint density at radius 1 is 1.08 bits per heavy atom. The second-order valence-electron chi connectivity index (χ2n) is 2.25. The van der Waals surface area contributed by atoms with Gasteiger partial charge in [0.05, 0.1) is 11.4 Å². The molecule has 5 heteroatoms. The van der Waals surface area contributed by atoms with Crippen LogP contribution in [0.25, 0.3) is 0 Å². The van der Waals surface area contributed by atoms with E-state index in [1.165, 1.54) is 0 Å². The molecule has 1 heterocycles. The fraction of sp³-hybridized carbons (Fsp3) is 0.286. The minimum absolute atomic E-state index is 0.0388. The molecule has 0 radical (unpaired) electrons. The molecule has 4 N–H and O–H groups in total. The van der Waals surface area contributed by atoms with E-state index in [2.05, 4.69) is 4.98 Å². The van der Waals surface area contributed by atoms with E-state index in [9.17, 15) is 8.78 Å². The Labute approximate surface area is 68.4 Å². The van der Waals surface area contributed by atoms with Crippen LogP contribution in [0.3, 0.4) is 0 Å². The van der Waals surface area contributed by atoms with Crippen LogP contribution in [0.2, 0.25) is 0 Å². The summed E-state index contributed by atoms with van der Waals surface area (Å²) in [5, 5.41) is 0. The van der Waals surface area contributed by atoms with Crippen LogP contribution in [0.1, 0.15) is 11.4 Å². The molecule has 66 valence electrons. The minimum Gasteiger partial charge on any atom is -0.325 e. The molecule has 1 aromatic rings. The molecule has 0 aliphatic rings. The maximum atomic E-state index is 12.7. The predicted octanol–water partition coefficient (Wildman–Crippen LogP) is 0.277. The summed E-state index contributed by atoms with van der Waals surface area (Å²) >= 11 is 0. The van der Waals surface area contributed by atoms with Gasteiger partial charge in [-0.1, -0.05) is 0 Å². The Morgan fingerprint density at radius 3 is 1.83 bits per heavy atom. The van der Waals surface area contributed by atoms with Gasteiger partial charge < -0.3 is 11.5 Å². The molecule has 12 heavy (non-hydrogen) atoms. The van der Waals surface area contributed by atoms with Gasteiger partial charge in [-0.05, 0) is 0 Å². The van der Waals surface area contributed by atoms with Gasteiger partial charge in [0.2, 0.25) is 0 Å². The SMILES string of the molecule is NCc1nc(CN)c(F)cc1F. The first kappa shape index (κ1) is 9.02. The second-order valence-corrected chi connectivity index (χ2v) is 2.25. The molecule has 0 spiro atoms. The van der Waals surface area contributed by atoms with E-state index >= 15 is 0 Å². The van der Waals surface area contributed by atoms with Crippen LogP contribution < -0.4 is 11.5 Å². The molecular weight excluding hydrogens is 164 g/mol. The summed E-state index contributed by atoms with van der Waals surface area (Å²) in [7, 11) is 0. The zero-order valence-electron chi connectivity index (χ0n) is 6.35. The highest BCUT2D eigenvalue weighted by Crippen LogP contribution is 2.09. The molecule has 0 bridgehead atoms. The summed E-state index contributed by atoms with van der Waals surface area (Å²) in [6.07, 6.45) is 0. The van der Waals surface area contributed by atoms with Crippen molar-refractivity contribution < 1.29 is 8.78 Å². The zero-order chi connectivity index (χ0) is 9.14. The number of nitrogens with two attached hydrogens (primary N) is 2. The number of halogens is 2. The number of hydrogen-bond donors (Lipinski definition) is 2. The van der Waals surface area contributed by atoms with Gasteiger partial charge in [-0.3, -0.25) is 0 Å². The Kier molecular flexibility index (Phi) is 2.67. The van der Waals surface area contributed by atoms with Crippen molar-refractivity contribution in [2.24, 2.45) is 11.5 Å². The van der Waals surface area contributed by atoms with E-state index in [0.29, 0.717) is 0 Å². The standard InChI is InChI=1S/C7H9F2N3/c8-4-1-5(9)7(3-11)12-6(4)2-10/h1H,2-3,10-11H2. The van der Waals surface area contributed by atoms with Crippen molar-refractivity contribution in [1.29, 1.82) is 0 Å². The van der Waals surface area contributed by atoms with E-state index in [1.54, 1.807) is 0 Å². The van der Waals surface area contributed by atoms with Gasteiger partial charge in [-0.2, -0.15) is 0 Å². The summed E-state index contributed by atoms with van der Waals surface area (Å²) in [5.41, 5.74) is 10.4. The highest BCUT2D eigenvalue weighted by atomic mass is 19.1. The van der Waals surface area contributed by atoms with Crippen molar-refractivity contribution in [3.8, 4) is 0 Å². The van der Waals surface area contributed by atoms with Crippen molar-refractivity contribution in [1.82, 2.24) is 4.98 Å². The summed E-state index contributed by atoms with van der Waals surface area (Å²) in [6.45, 7) is -0.113. The number of aromatic nitrogens is 1. The molecule has 0 amide bonds. The van der Waals surface area contributed by atoms with Gasteiger partial charge in [-0.15, -0.1) is 0 Å². The van der Waals surface area contributed by atoms with Gasteiger partial charge >= 0.3 is 0 Å². The molecule has 0 unspecified atom stereocenters. The smallest absolute Gasteiger partial charge is 0.148 e. The fourth-order valence-electron chi connectivity index (χ4n) is 0.834. The molecule has 0 saturated heterocycles. The summed E-state index contributed by atoms with van der Waals surface area (Å²) in [4.78, 5) is 3.61. The summed E-state index contributed by atoms with van der Waals surface area (Å²) < 4.78 is 25.5. The van der Waals surface area contributed by atoms with Crippen molar-refractivity contribution in [2.45, 2.75) is 13.1 Å². The van der Waals surface area contributed by atoms with Crippen LogP contribution in [0.5, 0.6) is 0 Å². The quantitative estimate of drug-likeness (QED) is 0.675. The molecule has 0 saturated carbocycles. The Morgan fingerprint density at radius 2 is 1.50 bits per heavy atom. The highest BCUT2D eigenvalue weighted by molar-refractivity contribution is 5.15. The van der Waals surface area contributed by atoms with Crippen molar-refractivity contribution in [2.75, 3.05) is 0 Å². The lowest BCUT2D eigenvalue weighted by Gasteiger charge is -2.02. The molecule has 0 aliphatic carbocycles. The van der Waals surface area contributed by atoms with E-state index in [1.807, 2.05) is 0 Å². The van der Waals surface area contributed by atoms with E-state index in [4.69, 9.17) is 11.5 Å². The van der Waals surface area contributed by atoms with Crippen LogP contribution in [0.4, 0.5) is 8.78 Å². The highest BCUT2D eigenvalue weighted by Gasteiger charge is 2.08. The van der Waals surface area contributed by atoms with Crippen LogP contribution >= 0.6 is 0 Å². The number of rotatable bonds is 2. The topological polar surface area (TPSA) is 64.9 Å². The maximum absolute atomic E-state index is 12.7. The second kappa shape index (κ2) is 3.55. The molecule has 1 rings (SSSR count). The lowest BCUT2D eigenvalue weighted by Crippen LogP contribution is -2.10. The lowest BCUT2D eigenvalue weighted by atomic mass is 10.2. The molecule has 3 nitrogen and oxygen atoms in total. The van der Waals surface area contributed by atoms with Gasteiger partial charge in [0, 0.05) is 19.2 Å². The molecule has 0 aliphatic heterocycles. The first-order chi connectivity index (χ1) is 5.69. The number of pyridine rings is 1. The van der Waals surface area contributed by atoms with Crippen molar-refractivity contribution in [3.05, 3.63) is 29.1 Å². The van der Waals surface area contributed by atoms with Crippen LogP contribution in [-0.2, 0) is 13.1 Å². The molecule has 0 atom stereocenters. The Hall–Kier alpha value is -1.07. The number of nitrogens with zero attached hydrogens (tertiary/aromatic N) is 1. The lowest BCUT2D eigenvalue weighted by molar-refractivity contribution is 0.544. The third kappa shape index (κ3) is 1.57. The molecule has 0 aromatic carbocycles. The predicted molar refractivity (Wildman–Crippen MR) is 39.9 cm³/mol. The van der Waals surface area contributed by atoms with Crippen molar-refractivity contribution in [3.63, 3.8) is 0 Å². The monoisotopic (exact) mass is 173 g/mol.